The molecule has 2 aromatic carbocycles. The van der Waals surface area contributed by atoms with Crippen LogP contribution in [0.3, 0.4) is 0 Å². The molecule has 0 spiro atoms. The first-order chi connectivity index (χ1) is 16.4. The number of amides is 1. The maximum absolute atomic E-state index is 13.1. The van der Waals surface area contributed by atoms with Crippen molar-refractivity contribution in [2.24, 2.45) is 7.05 Å². The Labute approximate surface area is 198 Å². The van der Waals surface area contributed by atoms with Crippen molar-refractivity contribution in [3.05, 3.63) is 101 Å². The summed E-state index contributed by atoms with van der Waals surface area (Å²) in [5.41, 5.74) is -1.81. The van der Waals surface area contributed by atoms with E-state index in [1.54, 1.807) is 66.5 Å². The summed E-state index contributed by atoms with van der Waals surface area (Å²) in [5, 5.41) is 2.80. The van der Waals surface area contributed by atoms with Gasteiger partial charge in [-0.3, -0.25) is 4.79 Å². The van der Waals surface area contributed by atoms with E-state index >= 15 is 0 Å². The Bertz CT molecular complexity index is 1110. The minimum absolute atomic E-state index is 0.0372. The fourth-order valence-corrected chi connectivity index (χ4v) is 3.46. The second-order valence-electron chi connectivity index (χ2n) is 8.00. The average molecular weight is 497 g/mol. The number of alkyl halides is 6. The number of aryl methyl sites for hydroxylation is 1. The fourth-order valence-electron chi connectivity index (χ4n) is 3.46. The van der Waals surface area contributed by atoms with Gasteiger partial charge in [0.1, 0.15) is 12.6 Å². The molecule has 0 aliphatic carbocycles. The summed E-state index contributed by atoms with van der Waals surface area (Å²) in [6.45, 7) is -0.346. The van der Waals surface area contributed by atoms with Crippen molar-refractivity contribution < 1.29 is 40.4 Å². The molecule has 35 heavy (non-hydrogen) atoms. The summed E-state index contributed by atoms with van der Waals surface area (Å²) in [6.07, 6.45) is -6.44. The Morgan fingerprint density at radius 3 is 2.14 bits per heavy atom. The number of aromatic nitrogens is 1. The van der Waals surface area contributed by atoms with Crippen molar-refractivity contribution in [2.75, 3.05) is 13.2 Å². The Hall–Kier alpha value is -3.40. The topological polar surface area (TPSA) is 42.2 Å². The van der Waals surface area contributed by atoms with Crippen LogP contribution in [0.5, 0.6) is 0 Å². The predicted molar refractivity (Wildman–Crippen MR) is 115 cm³/mol. The first-order valence-corrected chi connectivity index (χ1v) is 10.6. The van der Waals surface area contributed by atoms with Crippen LogP contribution in [-0.2, 0) is 30.7 Å². The van der Waals surface area contributed by atoms with Crippen LogP contribution in [0.4, 0.5) is 26.3 Å². The molecular formula is C25H23F6N2O2+. The molecule has 1 amide bonds. The number of halogens is 6. The van der Waals surface area contributed by atoms with Gasteiger partial charge in [-0.2, -0.15) is 26.3 Å². The van der Waals surface area contributed by atoms with Crippen molar-refractivity contribution in [1.29, 1.82) is 0 Å². The number of hydrogen-bond acceptors (Lipinski definition) is 2. The smallest absolute Gasteiger partial charge is 0.376 e. The van der Waals surface area contributed by atoms with Crippen LogP contribution in [0.25, 0.3) is 0 Å². The Morgan fingerprint density at radius 1 is 0.943 bits per heavy atom. The highest BCUT2D eigenvalue weighted by molar-refractivity contribution is 5.93. The van der Waals surface area contributed by atoms with Crippen LogP contribution < -0.4 is 9.88 Å². The van der Waals surface area contributed by atoms with Gasteiger partial charge in [0.25, 0.3) is 5.91 Å². The molecule has 0 radical (unpaired) electrons. The van der Waals surface area contributed by atoms with Gasteiger partial charge in [0.15, 0.2) is 12.4 Å². The molecule has 0 saturated heterocycles. The SMILES string of the molecule is C[n+]1cccc(C(=O)NCC(COCc2cc(C(F)(F)F)cc(C(F)(F)F)c2)c2ccccc2)c1. The van der Waals surface area contributed by atoms with Gasteiger partial charge in [-0.1, -0.05) is 30.3 Å². The van der Waals surface area contributed by atoms with Crippen molar-refractivity contribution in [3.8, 4) is 0 Å². The molecule has 0 aliphatic rings. The van der Waals surface area contributed by atoms with Crippen molar-refractivity contribution >= 4 is 5.91 Å². The summed E-state index contributed by atoms with van der Waals surface area (Å²) in [6, 6.07) is 13.7. The molecule has 3 aromatic rings. The number of nitrogens with one attached hydrogen (secondary N) is 1. The second kappa shape index (κ2) is 10.9. The van der Waals surface area contributed by atoms with Gasteiger partial charge in [-0.05, 0) is 35.4 Å². The monoisotopic (exact) mass is 497 g/mol. The summed E-state index contributed by atoms with van der Waals surface area (Å²) in [7, 11) is 1.77. The standard InChI is InChI=1S/C25H22F6N2O2/c1-33-9-5-8-19(14-33)23(34)32-13-20(18-6-3-2-4-7-18)16-35-15-17-10-21(24(26,27)28)12-22(11-17)25(29,30)31/h2-12,14,20H,13,15-16H2,1H3/p+1. The lowest BCUT2D eigenvalue weighted by atomic mass is 10.00. The van der Waals surface area contributed by atoms with Crippen molar-refractivity contribution in [2.45, 2.75) is 24.9 Å². The lowest BCUT2D eigenvalue weighted by Crippen LogP contribution is -2.33. The first kappa shape index (κ1) is 26.2. The molecule has 0 saturated carbocycles. The highest BCUT2D eigenvalue weighted by Gasteiger charge is 2.36. The van der Waals surface area contributed by atoms with E-state index in [1.807, 2.05) is 0 Å². The number of carbonyl (C=O) groups excluding carboxylic acids is 1. The predicted octanol–water partition coefficient (Wildman–Crippen LogP) is 5.28. The van der Waals surface area contributed by atoms with E-state index in [9.17, 15) is 31.1 Å². The number of pyridine rings is 1. The van der Waals surface area contributed by atoms with Gasteiger partial charge in [0.2, 0.25) is 0 Å². The van der Waals surface area contributed by atoms with Gasteiger partial charge in [-0.15, -0.1) is 0 Å². The third kappa shape index (κ3) is 7.54. The maximum atomic E-state index is 13.1. The summed E-state index contributed by atoms with van der Waals surface area (Å²) >= 11 is 0. The molecule has 1 unspecified atom stereocenters. The van der Waals surface area contributed by atoms with Crippen LogP contribution in [-0.4, -0.2) is 19.1 Å². The average Bonchev–Trinajstić information content (AvgIpc) is 2.80. The van der Waals surface area contributed by atoms with Crippen LogP contribution in [0, 0.1) is 0 Å². The van der Waals surface area contributed by atoms with Gasteiger partial charge < -0.3 is 10.1 Å². The highest BCUT2D eigenvalue weighted by atomic mass is 19.4. The minimum atomic E-state index is -4.93. The molecular weight excluding hydrogens is 474 g/mol. The van der Waals surface area contributed by atoms with E-state index in [-0.39, 0.29) is 36.6 Å². The van der Waals surface area contributed by atoms with Crippen LogP contribution >= 0.6 is 0 Å². The Kier molecular flexibility index (Phi) is 8.16. The molecule has 0 bridgehead atoms. The second-order valence-corrected chi connectivity index (χ2v) is 8.00. The molecule has 3 rings (SSSR count). The van der Waals surface area contributed by atoms with E-state index in [1.165, 1.54) is 0 Å². The van der Waals surface area contributed by atoms with E-state index in [4.69, 9.17) is 4.74 Å². The normalized spacial score (nSPS) is 12.9. The number of benzene rings is 2. The zero-order valence-electron chi connectivity index (χ0n) is 18.7. The Balaban J connectivity index is 1.72. The highest BCUT2D eigenvalue weighted by Crippen LogP contribution is 2.36. The zero-order valence-corrected chi connectivity index (χ0v) is 18.7. The fraction of sp³-hybridized carbons (Fsp3) is 0.280. The van der Waals surface area contributed by atoms with Gasteiger partial charge in [0.05, 0.1) is 24.3 Å². The number of carbonyl (C=O) groups is 1. The van der Waals surface area contributed by atoms with Gasteiger partial charge in [0, 0.05) is 18.5 Å². The van der Waals surface area contributed by atoms with Crippen LogP contribution in [0.1, 0.15) is 38.5 Å². The van der Waals surface area contributed by atoms with Crippen LogP contribution in [0.15, 0.2) is 73.1 Å². The minimum Gasteiger partial charge on any atom is -0.376 e. The van der Waals surface area contributed by atoms with E-state index in [0.29, 0.717) is 17.7 Å². The zero-order chi connectivity index (χ0) is 25.6. The number of ether oxygens (including phenoxy) is 1. The third-order valence-electron chi connectivity index (χ3n) is 5.22. The third-order valence-corrected chi connectivity index (χ3v) is 5.22. The van der Waals surface area contributed by atoms with Gasteiger partial charge in [-0.25, -0.2) is 4.57 Å². The molecule has 0 aliphatic heterocycles. The molecule has 1 heterocycles. The van der Waals surface area contributed by atoms with E-state index in [0.717, 1.165) is 5.56 Å². The van der Waals surface area contributed by atoms with Crippen molar-refractivity contribution in [1.82, 2.24) is 5.32 Å². The van der Waals surface area contributed by atoms with E-state index in [2.05, 4.69) is 5.32 Å². The number of nitrogens with zero attached hydrogens (tertiary/aromatic N) is 1. The van der Waals surface area contributed by atoms with Gasteiger partial charge >= 0.3 is 12.4 Å². The number of hydrogen-bond donors (Lipinski definition) is 1. The summed E-state index contributed by atoms with van der Waals surface area (Å²) in [4.78, 5) is 12.5. The molecule has 0 fully saturated rings. The lowest BCUT2D eigenvalue weighted by molar-refractivity contribution is -0.671. The summed E-state index contributed by atoms with van der Waals surface area (Å²) < 4.78 is 85.9. The Morgan fingerprint density at radius 2 is 1.57 bits per heavy atom. The maximum Gasteiger partial charge on any atom is 0.416 e. The van der Waals surface area contributed by atoms with E-state index < -0.39 is 30.1 Å². The molecule has 1 atom stereocenters. The van der Waals surface area contributed by atoms with Crippen LogP contribution in [0.2, 0.25) is 0 Å². The van der Waals surface area contributed by atoms with Crippen molar-refractivity contribution in [3.63, 3.8) is 0 Å². The lowest BCUT2D eigenvalue weighted by Gasteiger charge is -2.19. The molecule has 1 aromatic heterocycles. The molecule has 10 heteroatoms. The quantitative estimate of drug-likeness (QED) is 0.340. The number of rotatable bonds is 8. The summed E-state index contributed by atoms with van der Waals surface area (Å²) in [5.74, 6) is -0.708. The first-order valence-electron chi connectivity index (χ1n) is 10.6. The molecule has 186 valence electrons. The molecule has 4 nitrogen and oxygen atoms in total. The molecule has 1 N–H and O–H groups in total. The largest absolute Gasteiger partial charge is 0.416 e.